The van der Waals surface area contributed by atoms with Crippen molar-refractivity contribution >= 4 is 23.4 Å². The van der Waals surface area contributed by atoms with Gasteiger partial charge in [-0.3, -0.25) is 0 Å². The van der Waals surface area contributed by atoms with Crippen molar-refractivity contribution in [2.45, 2.75) is 23.8 Å². The molecule has 0 saturated heterocycles. The zero-order chi connectivity index (χ0) is 24.3. The minimum atomic E-state index is -0.453. The number of hydrogen-bond donors (Lipinski definition) is 1. The van der Waals surface area contributed by atoms with Crippen LogP contribution in [0.5, 0.6) is 0 Å². The van der Waals surface area contributed by atoms with E-state index in [1.165, 1.54) is 27.9 Å². The number of aryl methyl sites for hydroxylation is 2. The number of H-pyrrole nitrogens is 1. The lowest BCUT2D eigenvalue weighted by Gasteiger charge is -2.38. The molecule has 35 heavy (non-hydrogen) atoms. The SMILES string of the molecule is Cc1cc(C(SC(c2ccccc2)(c2ccccc2)c2ccccc2)c2ccccc2Cl)c(C)[nH]1. The Balaban J connectivity index is 1.82. The fraction of sp³-hybridized carbons (Fsp3) is 0.125. The van der Waals surface area contributed by atoms with Gasteiger partial charge in [0, 0.05) is 16.4 Å². The van der Waals surface area contributed by atoms with Crippen LogP contribution in [0, 0.1) is 13.8 Å². The molecule has 1 atom stereocenters. The maximum Gasteiger partial charge on any atom is 0.0916 e. The highest BCUT2D eigenvalue weighted by Gasteiger charge is 2.41. The number of halogens is 1. The van der Waals surface area contributed by atoms with Crippen LogP contribution >= 0.6 is 23.4 Å². The van der Waals surface area contributed by atoms with Gasteiger partial charge in [0.1, 0.15) is 0 Å². The summed E-state index contributed by atoms with van der Waals surface area (Å²) in [6.07, 6.45) is 0. The van der Waals surface area contributed by atoms with E-state index in [1.54, 1.807) is 0 Å². The molecule has 1 heterocycles. The van der Waals surface area contributed by atoms with Gasteiger partial charge in [-0.2, -0.15) is 0 Å². The standard InChI is InChI=1S/C32H28ClNS/c1-23-22-29(24(2)34-23)31(28-20-12-13-21-30(28)33)35-32(25-14-6-3-7-15-25,26-16-8-4-9-17-26)27-18-10-5-11-19-27/h3-22,31,34H,1-2H3. The first-order valence-corrected chi connectivity index (χ1v) is 13.1. The topological polar surface area (TPSA) is 15.8 Å². The molecule has 0 aliphatic heterocycles. The van der Waals surface area contributed by atoms with E-state index < -0.39 is 4.75 Å². The van der Waals surface area contributed by atoms with Gasteiger partial charge >= 0.3 is 0 Å². The molecule has 4 aromatic carbocycles. The molecule has 0 aliphatic rings. The molecule has 174 valence electrons. The second-order valence-corrected chi connectivity index (χ2v) is 10.6. The summed E-state index contributed by atoms with van der Waals surface area (Å²) >= 11 is 8.81. The smallest absolute Gasteiger partial charge is 0.0916 e. The van der Waals surface area contributed by atoms with Gasteiger partial charge in [0.05, 0.1) is 10.00 Å². The Hall–Kier alpha value is -3.20. The molecule has 0 aliphatic carbocycles. The molecule has 5 rings (SSSR count). The maximum atomic E-state index is 6.87. The summed E-state index contributed by atoms with van der Waals surface area (Å²) in [4.78, 5) is 3.53. The van der Waals surface area contributed by atoms with Crippen molar-refractivity contribution in [2.24, 2.45) is 0 Å². The van der Waals surface area contributed by atoms with Crippen LogP contribution in [0.3, 0.4) is 0 Å². The second kappa shape index (κ2) is 10.2. The second-order valence-electron chi connectivity index (χ2n) is 8.83. The van der Waals surface area contributed by atoms with Crippen LogP contribution in [-0.4, -0.2) is 4.98 Å². The van der Waals surface area contributed by atoms with Crippen LogP contribution in [0.1, 0.15) is 44.5 Å². The number of thioether (sulfide) groups is 1. The Kier molecular flexibility index (Phi) is 6.86. The Morgan fingerprint density at radius 2 is 1.09 bits per heavy atom. The highest BCUT2D eigenvalue weighted by molar-refractivity contribution is 8.01. The van der Waals surface area contributed by atoms with E-state index in [-0.39, 0.29) is 5.25 Å². The molecule has 0 radical (unpaired) electrons. The van der Waals surface area contributed by atoms with Gasteiger partial charge in [0.25, 0.3) is 0 Å². The number of aromatic amines is 1. The van der Waals surface area contributed by atoms with E-state index in [9.17, 15) is 0 Å². The van der Waals surface area contributed by atoms with Gasteiger partial charge in [-0.25, -0.2) is 0 Å². The monoisotopic (exact) mass is 493 g/mol. The van der Waals surface area contributed by atoms with E-state index in [0.29, 0.717) is 0 Å². The predicted octanol–water partition coefficient (Wildman–Crippen LogP) is 9.10. The minimum Gasteiger partial charge on any atom is -0.362 e. The summed E-state index contributed by atoms with van der Waals surface area (Å²) in [7, 11) is 0. The number of benzene rings is 4. The van der Waals surface area contributed by atoms with Crippen molar-refractivity contribution in [3.8, 4) is 0 Å². The molecule has 1 N–H and O–H groups in total. The minimum absolute atomic E-state index is 0.00858. The van der Waals surface area contributed by atoms with E-state index in [4.69, 9.17) is 11.6 Å². The largest absolute Gasteiger partial charge is 0.362 e. The van der Waals surface area contributed by atoms with Crippen molar-refractivity contribution in [2.75, 3.05) is 0 Å². The van der Waals surface area contributed by atoms with Crippen molar-refractivity contribution in [1.82, 2.24) is 4.98 Å². The van der Waals surface area contributed by atoms with Crippen molar-refractivity contribution in [3.63, 3.8) is 0 Å². The van der Waals surface area contributed by atoms with Crippen molar-refractivity contribution < 1.29 is 0 Å². The fourth-order valence-electron chi connectivity index (χ4n) is 4.90. The zero-order valence-electron chi connectivity index (χ0n) is 19.9. The molecular weight excluding hydrogens is 466 g/mol. The maximum absolute atomic E-state index is 6.87. The lowest BCUT2D eigenvalue weighted by molar-refractivity contribution is 0.884. The van der Waals surface area contributed by atoms with E-state index in [1.807, 2.05) is 23.9 Å². The van der Waals surface area contributed by atoms with Crippen LogP contribution < -0.4 is 0 Å². The third-order valence-corrected chi connectivity index (χ3v) is 8.64. The number of rotatable bonds is 7. The van der Waals surface area contributed by atoms with Crippen LogP contribution in [0.2, 0.25) is 5.02 Å². The molecule has 0 amide bonds. The Morgan fingerprint density at radius 3 is 1.51 bits per heavy atom. The first-order chi connectivity index (χ1) is 17.1. The molecular formula is C32H28ClNS. The molecule has 3 heteroatoms. The Labute approximate surface area is 217 Å². The predicted molar refractivity (Wildman–Crippen MR) is 150 cm³/mol. The highest BCUT2D eigenvalue weighted by Crippen LogP contribution is 2.56. The molecule has 1 nitrogen and oxygen atoms in total. The average Bonchev–Trinajstić information content (AvgIpc) is 3.24. The highest BCUT2D eigenvalue weighted by atomic mass is 35.5. The third kappa shape index (κ3) is 4.57. The number of hydrogen-bond acceptors (Lipinski definition) is 1. The molecule has 1 unspecified atom stereocenters. The quantitative estimate of drug-likeness (QED) is 0.223. The molecule has 0 bridgehead atoms. The summed E-state index contributed by atoms with van der Waals surface area (Å²) in [5.74, 6) is 0. The first-order valence-electron chi connectivity index (χ1n) is 11.8. The van der Waals surface area contributed by atoms with Gasteiger partial charge in [-0.15, -0.1) is 11.8 Å². The molecule has 5 aromatic rings. The van der Waals surface area contributed by atoms with E-state index in [0.717, 1.165) is 16.3 Å². The average molecular weight is 494 g/mol. The summed E-state index contributed by atoms with van der Waals surface area (Å²) in [6.45, 7) is 4.27. The zero-order valence-corrected chi connectivity index (χ0v) is 21.5. The Bertz CT molecular complexity index is 1300. The van der Waals surface area contributed by atoms with Gasteiger partial charge in [-0.1, -0.05) is 121 Å². The van der Waals surface area contributed by atoms with E-state index in [2.05, 4.69) is 128 Å². The van der Waals surface area contributed by atoms with Gasteiger partial charge < -0.3 is 4.98 Å². The van der Waals surface area contributed by atoms with Crippen LogP contribution in [-0.2, 0) is 4.75 Å². The van der Waals surface area contributed by atoms with Gasteiger partial charge in [-0.05, 0) is 53.8 Å². The summed E-state index contributed by atoms with van der Waals surface area (Å²) in [5.41, 5.74) is 8.42. The summed E-state index contributed by atoms with van der Waals surface area (Å²) < 4.78 is -0.453. The normalized spacial score (nSPS) is 12.4. The number of aromatic nitrogens is 1. The number of nitrogens with one attached hydrogen (secondary N) is 1. The van der Waals surface area contributed by atoms with Gasteiger partial charge in [0.15, 0.2) is 0 Å². The first kappa shape index (κ1) is 23.5. The van der Waals surface area contributed by atoms with Crippen molar-refractivity contribution in [3.05, 3.63) is 166 Å². The molecule has 0 saturated carbocycles. The lowest BCUT2D eigenvalue weighted by Crippen LogP contribution is -2.27. The van der Waals surface area contributed by atoms with E-state index >= 15 is 0 Å². The van der Waals surface area contributed by atoms with Crippen LogP contribution in [0.25, 0.3) is 0 Å². The van der Waals surface area contributed by atoms with Crippen LogP contribution in [0.4, 0.5) is 0 Å². The van der Waals surface area contributed by atoms with Gasteiger partial charge in [0.2, 0.25) is 0 Å². The molecule has 0 fully saturated rings. The Morgan fingerprint density at radius 1 is 0.629 bits per heavy atom. The molecule has 1 aromatic heterocycles. The van der Waals surface area contributed by atoms with Crippen LogP contribution in [0.15, 0.2) is 121 Å². The fourth-order valence-corrected chi connectivity index (χ4v) is 7.08. The summed E-state index contributed by atoms with van der Waals surface area (Å²) in [6, 6.07) is 43.0. The molecule has 0 spiro atoms. The third-order valence-electron chi connectivity index (χ3n) is 6.50. The van der Waals surface area contributed by atoms with Crippen molar-refractivity contribution in [1.29, 1.82) is 0 Å². The summed E-state index contributed by atoms with van der Waals surface area (Å²) in [5, 5.41) is 0.792. The lowest BCUT2D eigenvalue weighted by atomic mass is 9.84.